The monoisotopic (exact) mass is 301 g/mol. The zero-order valence-corrected chi connectivity index (χ0v) is 13.4. The average Bonchev–Trinajstić information content (AvgIpc) is 2.96. The number of benzene rings is 2. The number of likely N-dealkylation sites (N-methyl/N-ethyl adjacent to an activating group) is 1. The van der Waals surface area contributed by atoms with Gasteiger partial charge in [-0.1, -0.05) is 48.5 Å². The highest BCUT2D eigenvalue weighted by Gasteiger charge is 2.24. The van der Waals surface area contributed by atoms with Crippen molar-refractivity contribution in [3.8, 4) is 11.3 Å². The van der Waals surface area contributed by atoms with Crippen molar-refractivity contribution in [3.63, 3.8) is 0 Å². The largest absolute Gasteiger partial charge is 0.369 e. The summed E-state index contributed by atoms with van der Waals surface area (Å²) in [4.78, 5) is 2.35. The van der Waals surface area contributed by atoms with E-state index in [1.54, 1.807) is 0 Å². The number of rotatable bonds is 3. The van der Waals surface area contributed by atoms with Crippen molar-refractivity contribution in [2.45, 2.75) is 13.0 Å². The molecule has 0 fully saturated rings. The molecular formula is C21H21N2+. The molecule has 0 saturated carbocycles. The van der Waals surface area contributed by atoms with Crippen molar-refractivity contribution in [2.75, 3.05) is 18.5 Å². The molecule has 0 radical (unpaired) electrons. The molecule has 2 heterocycles. The first-order valence-electron chi connectivity index (χ1n) is 8.18. The standard InChI is InChI=1S/C21H21N2/c1-22-13-12-19-14-20(18-10-6-3-7-11-18)23(16-21(19)22)15-17-8-4-2-5-9-17/h2-11,14,16H,12-13,15H2,1H3/q+1. The number of aromatic nitrogens is 1. The number of hydrogen-bond acceptors (Lipinski definition) is 1. The van der Waals surface area contributed by atoms with Crippen LogP contribution in [0.1, 0.15) is 11.1 Å². The van der Waals surface area contributed by atoms with Crippen molar-refractivity contribution in [2.24, 2.45) is 0 Å². The second-order valence-corrected chi connectivity index (χ2v) is 6.22. The molecule has 0 N–H and O–H groups in total. The molecule has 2 aromatic carbocycles. The first-order chi connectivity index (χ1) is 11.3. The third kappa shape index (κ3) is 2.72. The summed E-state index contributed by atoms with van der Waals surface area (Å²) >= 11 is 0. The van der Waals surface area contributed by atoms with Gasteiger partial charge in [0.05, 0.1) is 0 Å². The van der Waals surface area contributed by atoms with E-state index in [-0.39, 0.29) is 0 Å². The van der Waals surface area contributed by atoms with Gasteiger partial charge < -0.3 is 4.90 Å². The van der Waals surface area contributed by atoms with Gasteiger partial charge in [-0.2, -0.15) is 4.57 Å². The van der Waals surface area contributed by atoms with Gasteiger partial charge in [-0.15, -0.1) is 0 Å². The lowest BCUT2D eigenvalue weighted by Crippen LogP contribution is -2.37. The fraction of sp³-hybridized carbons (Fsp3) is 0.190. The van der Waals surface area contributed by atoms with Gasteiger partial charge in [-0.05, 0) is 24.1 Å². The fourth-order valence-corrected chi connectivity index (χ4v) is 3.34. The molecule has 0 bridgehead atoms. The quantitative estimate of drug-likeness (QED) is 0.669. The molecule has 4 rings (SSSR count). The molecule has 1 aromatic heterocycles. The normalized spacial score (nSPS) is 13.2. The predicted molar refractivity (Wildman–Crippen MR) is 94.6 cm³/mol. The molecule has 2 nitrogen and oxygen atoms in total. The number of fused-ring (bicyclic) bond motifs is 1. The van der Waals surface area contributed by atoms with Crippen molar-refractivity contribution in [3.05, 3.63) is 84.1 Å². The predicted octanol–water partition coefficient (Wildman–Crippen LogP) is 3.68. The Labute approximate surface area is 137 Å². The molecule has 2 heteroatoms. The summed E-state index contributed by atoms with van der Waals surface area (Å²) in [6.45, 7) is 2.01. The van der Waals surface area contributed by atoms with Crippen LogP contribution in [0.3, 0.4) is 0 Å². The lowest BCUT2D eigenvalue weighted by atomic mass is 10.1. The minimum atomic E-state index is 0.895. The van der Waals surface area contributed by atoms with Crippen LogP contribution in [-0.4, -0.2) is 13.6 Å². The van der Waals surface area contributed by atoms with E-state index in [2.05, 4.69) is 89.4 Å². The van der Waals surface area contributed by atoms with Crippen LogP contribution in [0.25, 0.3) is 11.3 Å². The Morgan fingerprint density at radius 3 is 2.39 bits per heavy atom. The maximum atomic E-state index is 2.38. The summed E-state index contributed by atoms with van der Waals surface area (Å²) < 4.78 is 2.38. The second kappa shape index (κ2) is 5.88. The van der Waals surface area contributed by atoms with Gasteiger partial charge >= 0.3 is 0 Å². The third-order valence-corrected chi connectivity index (χ3v) is 4.62. The van der Waals surface area contributed by atoms with Gasteiger partial charge in [-0.3, -0.25) is 0 Å². The van der Waals surface area contributed by atoms with Crippen molar-refractivity contribution < 1.29 is 4.57 Å². The zero-order chi connectivity index (χ0) is 15.6. The molecular weight excluding hydrogens is 280 g/mol. The van der Waals surface area contributed by atoms with E-state index < -0.39 is 0 Å². The summed E-state index contributed by atoms with van der Waals surface area (Å²) in [6, 6.07) is 23.7. The number of pyridine rings is 1. The van der Waals surface area contributed by atoms with Crippen LogP contribution in [-0.2, 0) is 13.0 Å². The summed E-state index contributed by atoms with van der Waals surface area (Å²) in [7, 11) is 2.18. The van der Waals surface area contributed by atoms with Gasteiger partial charge in [-0.25, -0.2) is 0 Å². The molecule has 3 aromatic rings. The smallest absolute Gasteiger partial charge is 0.213 e. The Balaban J connectivity index is 1.83. The van der Waals surface area contributed by atoms with E-state index in [1.807, 2.05) is 0 Å². The molecule has 114 valence electrons. The van der Waals surface area contributed by atoms with Crippen LogP contribution in [0.5, 0.6) is 0 Å². The molecule has 0 aliphatic carbocycles. The minimum Gasteiger partial charge on any atom is -0.369 e. The first kappa shape index (κ1) is 14.0. The van der Waals surface area contributed by atoms with Crippen molar-refractivity contribution >= 4 is 5.69 Å². The van der Waals surface area contributed by atoms with Crippen LogP contribution >= 0.6 is 0 Å². The summed E-state index contributed by atoms with van der Waals surface area (Å²) in [5, 5.41) is 0. The molecule has 0 amide bonds. The maximum Gasteiger partial charge on any atom is 0.213 e. The fourth-order valence-electron chi connectivity index (χ4n) is 3.34. The van der Waals surface area contributed by atoms with Crippen LogP contribution in [0, 0.1) is 0 Å². The van der Waals surface area contributed by atoms with Crippen molar-refractivity contribution in [1.29, 1.82) is 0 Å². The lowest BCUT2D eigenvalue weighted by molar-refractivity contribution is -0.676. The minimum absolute atomic E-state index is 0.895. The second-order valence-electron chi connectivity index (χ2n) is 6.22. The SMILES string of the molecule is CN1CCc2cc(-c3ccccc3)[n+](Cc3ccccc3)cc21. The molecule has 1 aliphatic rings. The first-order valence-corrected chi connectivity index (χ1v) is 8.18. The zero-order valence-electron chi connectivity index (χ0n) is 13.4. The highest BCUT2D eigenvalue weighted by atomic mass is 15.1. The highest BCUT2D eigenvalue weighted by Crippen LogP contribution is 2.28. The van der Waals surface area contributed by atoms with E-state index in [9.17, 15) is 0 Å². The Morgan fingerprint density at radius 2 is 1.65 bits per heavy atom. The average molecular weight is 301 g/mol. The van der Waals surface area contributed by atoms with E-state index in [0.717, 1.165) is 19.5 Å². The molecule has 0 spiro atoms. The van der Waals surface area contributed by atoms with Gasteiger partial charge in [0, 0.05) is 30.8 Å². The van der Waals surface area contributed by atoms with Gasteiger partial charge in [0.1, 0.15) is 5.69 Å². The highest BCUT2D eigenvalue weighted by molar-refractivity contribution is 5.63. The maximum absolute atomic E-state index is 2.38. The molecule has 23 heavy (non-hydrogen) atoms. The van der Waals surface area contributed by atoms with Gasteiger partial charge in [0.15, 0.2) is 12.7 Å². The van der Waals surface area contributed by atoms with Crippen molar-refractivity contribution in [1.82, 2.24) is 0 Å². The Hall–Kier alpha value is -2.61. The Kier molecular flexibility index (Phi) is 3.58. The van der Waals surface area contributed by atoms with Gasteiger partial charge in [0.25, 0.3) is 0 Å². The van der Waals surface area contributed by atoms with Crippen LogP contribution in [0.15, 0.2) is 72.9 Å². The van der Waals surface area contributed by atoms with E-state index in [0.29, 0.717) is 0 Å². The molecule has 0 atom stereocenters. The number of hydrogen-bond donors (Lipinski definition) is 0. The molecule has 1 aliphatic heterocycles. The molecule has 0 unspecified atom stereocenters. The van der Waals surface area contributed by atoms with E-state index in [1.165, 1.54) is 28.1 Å². The van der Waals surface area contributed by atoms with E-state index >= 15 is 0 Å². The number of anilines is 1. The summed E-state index contributed by atoms with van der Waals surface area (Å²) in [5.74, 6) is 0. The summed E-state index contributed by atoms with van der Waals surface area (Å²) in [6.07, 6.45) is 3.45. The lowest BCUT2D eigenvalue weighted by Gasteiger charge is -2.12. The number of nitrogens with zero attached hydrogens (tertiary/aromatic N) is 2. The Morgan fingerprint density at radius 1 is 0.957 bits per heavy atom. The van der Waals surface area contributed by atoms with Gasteiger partial charge in [0.2, 0.25) is 5.69 Å². The van der Waals surface area contributed by atoms with Crippen LogP contribution in [0.2, 0.25) is 0 Å². The Bertz CT molecular complexity index is 810. The topological polar surface area (TPSA) is 7.12 Å². The molecule has 0 saturated heterocycles. The summed E-state index contributed by atoms with van der Waals surface area (Å²) in [5.41, 5.74) is 6.72. The third-order valence-electron chi connectivity index (χ3n) is 4.62. The van der Waals surface area contributed by atoms with Crippen LogP contribution in [0.4, 0.5) is 5.69 Å². The van der Waals surface area contributed by atoms with E-state index in [4.69, 9.17) is 0 Å². The van der Waals surface area contributed by atoms with Crippen LogP contribution < -0.4 is 9.47 Å².